The highest BCUT2D eigenvalue weighted by molar-refractivity contribution is 5.83. The molecule has 0 spiro atoms. The number of hydrogen-bond acceptors (Lipinski definition) is 3. The van der Waals surface area contributed by atoms with Crippen molar-refractivity contribution >= 4 is 23.2 Å². The molecule has 0 aliphatic rings. The molecule has 4 heteroatoms. The van der Waals surface area contributed by atoms with Gasteiger partial charge in [0, 0.05) is 12.8 Å². The van der Waals surface area contributed by atoms with E-state index >= 15 is 0 Å². The van der Waals surface area contributed by atoms with Crippen LogP contribution < -0.4 is 4.74 Å². The molecule has 0 amide bonds. The van der Waals surface area contributed by atoms with E-state index in [2.05, 4.69) is 27.5 Å². The van der Waals surface area contributed by atoms with Gasteiger partial charge >= 0.3 is 0 Å². The van der Waals surface area contributed by atoms with Crippen LogP contribution in [0.4, 0.5) is 5.95 Å². The van der Waals surface area contributed by atoms with Crippen molar-refractivity contribution in [3.05, 3.63) is 54.1 Å². The van der Waals surface area contributed by atoms with E-state index in [4.69, 9.17) is 4.74 Å². The fourth-order valence-electron chi connectivity index (χ4n) is 2.55. The van der Waals surface area contributed by atoms with Crippen LogP contribution in [0.3, 0.4) is 0 Å². The van der Waals surface area contributed by atoms with Crippen LogP contribution in [0.15, 0.2) is 53.5 Å². The summed E-state index contributed by atoms with van der Waals surface area (Å²) < 4.78 is 7.62. The topological polar surface area (TPSA) is 39.4 Å². The number of hydrogen-bond donors (Lipinski definition) is 0. The molecule has 3 aromatic rings. The molecule has 3 rings (SSSR count). The summed E-state index contributed by atoms with van der Waals surface area (Å²) in [4.78, 5) is 9.23. The Hall–Kier alpha value is -2.62. The summed E-state index contributed by atoms with van der Waals surface area (Å²) >= 11 is 0. The fourth-order valence-corrected chi connectivity index (χ4v) is 2.55. The van der Waals surface area contributed by atoms with Crippen LogP contribution in [0.25, 0.3) is 11.0 Å². The van der Waals surface area contributed by atoms with Crippen LogP contribution in [0.1, 0.15) is 25.8 Å². The first kappa shape index (κ1) is 15.3. The molecule has 0 aliphatic carbocycles. The Balaban J connectivity index is 1.89. The van der Waals surface area contributed by atoms with Gasteiger partial charge in [-0.2, -0.15) is 0 Å². The summed E-state index contributed by atoms with van der Waals surface area (Å²) in [5, 5.41) is 0. The number of para-hydroxylation sites is 2. The molecule has 0 aliphatic heterocycles. The minimum absolute atomic E-state index is 0.675. The van der Waals surface area contributed by atoms with Gasteiger partial charge in [-0.3, -0.25) is 0 Å². The largest absolute Gasteiger partial charge is 0.494 e. The molecule has 0 saturated carbocycles. The number of fused-ring (bicyclic) bond motifs is 1. The maximum atomic E-state index is 5.45. The van der Waals surface area contributed by atoms with Crippen molar-refractivity contribution in [2.75, 3.05) is 6.61 Å². The molecule has 0 saturated heterocycles. The average Bonchev–Trinajstić information content (AvgIpc) is 2.93. The highest BCUT2D eigenvalue weighted by atomic mass is 16.5. The third-order valence-electron chi connectivity index (χ3n) is 3.60. The molecule has 1 heterocycles. The Morgan fingerprint density at radius 1 is 1.09 bits per heavy atom. The predicted molar refractivity (Wildman–Crippen MR) is 94.9 cm³/mol. The lowest BCUT2D eigenvalue weighted by atomic mass is 10.2. The summed E-state index contributed by atoms with van der Waals surface area (Å²) in [6.45, 7) is 5.73. The molecule has 0 atom stereocenters. The smallest absolute Gasteiger partial charge is 0.230 e. The lowest BCUT2D eigenvalue weighted by Gasteiger charge is -2.04. The summed E-state index contributed by atoms with van der Waals surface area (Å²) in [5.74, 6) is 1.63. The minimum atomic E-state index is 0.675. The van der Waals surface area contributed by atoms with Crippen LogP contribution >= 0.6 is 0 Å². The van der Waals surface area contributed by atoms with Gasteiger partial charge < -0.3 is 9.30 Å². The van der Waals surface area contributed by atoms with Gasteiger partial charge in [-0.25, -0.2) is 9.98 Å². The van der Waals surface area contributed by atoms with Gasteiger partial charge in [0.2, 0.25) is 5.95 Å². The maximum Gasteiger partial charge on any atom is 0.230 e. The standard InChI is InChI=1S/C19H21N3O/c1-3-13-22-18-8-6-5-7-17(18)21-19(22)20-14-15-9-11-16(12-10-15)23-4-2/h5-12,14H,3-4,13H2,1-2H3/b20-14+. The predicted octanol–water partition coefficient (Wildman–Crippen LogP) is 4.60. The molecule has 0 unspecified atom stereocenters. The van der Waals surface area contributed by atoms with Gasteiger partial charge in [-0.05, 0) is 55.3 Å². The number of nitrogens with zero attached hydrogens (tertiary/aromatic N) is 3. The maximum absolute atomic E-state index is 5.45. The number of ether oxygens (including phenoxy) is 1. The van der Waals surface area contributed by atoms with Crippen molar-refractivity contribution in [2.45, 2.75) is 26.8 Å². The van der Waals surface area contributed by atoms with E-state index in [1.165, 1.54) is 0 Å². The summed E-state index contributed by atoms with van der Waals surface area (Å²) in [6, 6.07) is 16.1. The zero-order valence-corrected chi connectivity index (χ0v) is 13.6. The van der Waals surface area contributed by atoms with Crippen molar-refractivity contribution in [2.24, 2.45) is 4.99 Å². The first-order valence-electron chi connectivity index (χ1n) is 8.04. The van der Waals surface area contributed by atoms with Gasteiger partial charge in [-0.1, -0.05) is 19.1 Å². The number of aliphatic imine (C=N–C) groups is 1. The van der Waals surface area contributed by atoms with Gasteiger partial charge in [0.05, 0.1) is 17.6 Å². The molecular weight excluding hydrogens is 286 g/mol. The van der Waals surface area contributed by atoms with E-state index in [9.17, 15) is 0 Å². The summed E-state index contributed by atoms with van der Waals surface area (Å²) in [6.07, 6.45) is 2.90. The van der Waals surface area contributed by atoms with E-state index in [-0.39, 0.29) is 0 Å². The number of rotatable bonds is 6. The third kappa shape index (κ3) is 3.42. The highest BCUT2D eigenvalue weighted by Gasteiger charge is 2.07. The first-order chi connectivity index (χ1) is 11.3. The van der Waals surface area contributed by atoms with Crippen LogP contribution in [0.2, 0.25) is 0 Å². The normalized spacial score (nSPS) is 11.4. The van der Waals surface area contributed by atoms with Crippen LogP contribution in [-0.2, 0) is 6.54 Å². The molecule has 4 nitrogen and oxygen atoms in total. The second-order valence-corrected chi connectivity index (χ2v) is 5.31. The molecule has 0 N–H and O–H groups in total. The molecule has 0 fully saturated rings. The number of aryl methyl sites for hydroxylation is 1. The van der Waals surface area contributed by atoms with Crippen molar-refractivity contribution in [1.29, 1.82) is 0 Å². The second-order valence-electron chi connectivity index (χ2n) is 5.31. The van der Waals surface area contributed by atoms with Crippen LogP contribution in [0, 0.1) is 0 Å². The molecule has 118 valence electrons. The van der Waals surface area contributed by atoms with E-state index in [1.54, 1.807) is 0 Å². The van der Waals surface area contributed by atoms with E-state index in [1.807, 2.05) is 55.6 Å². The Kier molecular flexibility index (Phi) is 4.71. The molecule has 0 radical (unpaired) electrons. The number of benzene rings is 2. The Labute approximate surface area is 136 Å². The van der Waals surface area contributed by atoms with Crippen LogP contribution in [-0.4, -0.2) is 22.4 Å². The van der Waals surface area contributed by atoms with Crippen molar-refractivity contribution in [3.8, 4) is 5.75 Å². The first-order valence-corrected chi connectivity index (χ1v) is 8.04. The van der Waals surface area contributed by atoms with E-state index in [0.717, 1.165) is 41.3 Å². The minimum Gasteiger partial charge on any atom is -0.494 e. The second kappa shape index (κ2) is 7.09. The zero-order valence-electron chi connectivity index (χ0n) is 13.6. The Morgan fingerprint density at radius 3 is 2.61 bits per heavy atom. The summed E-state index contributed by atoms with van der Waals surface area (Å²) in [5.41, 5.74) is 3.15. The van der Waals surface area contributed by atoms with Gasteiger partial charge in [0.1, 0.15) is 5.75 Å². The number of aromatic nitrogens is 2. The lowest BCUT2D eigenvalue weighted by molar-refractivity contribution is 0.340. The quantitative estimate of drug-likeness (QED) is 0.625. The number of imidazole rings is 1. The molecule has 2 aromatic carbocycles. The zero-order chi connectivity index (χ0) is 16.1. The third-order valence-corrected chi connectivity index (χ3v) is 3.60. The molecular formula is C19H21N3O. The average molecular weight is 307 g/mol. The SMILES string of the molecule is CCCn1c(/N=C/c2ccc(OCC)cc2)nc2ccccc21. The molecule has 23 heavy (non-hydrogen) atoms. The van der Waals surface area contributed by atoms with Gasteiger partial charge in [0.15, 0.2) is 0 Å². The van der Waals surface area contributed by atoms with Crippen LogP contribution in [0.5, 0.6) is 5.75 Å². The Morgan fingerprint density at radius 2 is 1.87 bits per heavy atom. The van der Waals surface area contributed by atoms with Gasteiger partial charge in [-0.15, -0.1) is 0 Å². The molecule has 0 bridgehead atoms. The lowest BCUT2D eigenvalue weighted by Crippen LogP contribution is -1.96. The summed E-state index contributed by atoms with van der Waals surface area (Å²) in [7, 11) is 0. The monoisotopic (exact) mass is 307 g/mol. The van der Waals surface area contributed by atoms with Gasteiger partial charge in [0.25, 0.3) is 0 Å². The Bertz CT molecular complexity index is 803. The fraction of sp³-hybridized carbons (Fsp3) is 0.263. The van der Waals surface area contributed by atoms with E-state index < -0.39 is 0 Å². The highest BCUT2D eigenvalue weighted by Crippen LogP contribution is 2.22. The molecule has 1 aromatic heterocycles. The van der Waals surface area contributed by atoms with E-state index in [0.29, 0.717) is 6.61 Å². The van der Waals surface area contributed by atoms with Crippen molar-refractivity contribution < 1.29 is 4.74 Å². The van der Waals surface area contributed by atoms with Crippen molar-refractivity contribution in [3.63, 3.8) is 0 Å². The van der Waals surface area contributed by atoms with Crippen molar-refractivity contribution in [1.82, 2.24) is 9.55 Å².